The largest absolute Gasteiger partial charge is 0.480 e. The van der Waals surface area contributed by atoms with E-state index < -0.39 is 5.97 Å². The number of hydrogen-bond donors (Lipinski definition) is 2. The highest BCUT2D eigenvalue weighted by Gasteiger charge is 2.06. The first-order chi connectivity index (χ1) is 7.49. The standard InChI is InChI=1S/C11H12BrNO3/c1-7-2-3-8(4-9(7)12)5-10(14)13-6-11(15)16/h2-4H,5-6H2,1H3,(H,13,14)(H,15,16). The van der Waals surface area contributed by atoms with Crippen molar-refractivity contribution in [2.24, 2.45) is 0 Å². The number of carboxylic acids is 1. The highest BCUT2D eigenvalue weighted by atomic mass is 79.9. The van der Waals surface area contributed by atoms with Crippen molar-refractivity contribution in [3.63, 3.8) is 0 Å². The normalized spacial score (nSPS) is 9.88. The molecule has 0 aliphatic rings. The summed E-state index contributed by atoms with van der Waals surface area (Å²) in [6, 6.07) is 5.61. The number of aryl methyl sites for hydroxylation is 1. The van der Waals surface area contributed by atoms with Crippen LogP contribution in [0.3, 0.4) is 0 Å². The first kappa shape index (κ1) is 12.7. The molecule has 0 unspecified atom stereocenters. The summed E-state index contributed by atoms with van der Waals surface area (Å²) in [5, 5.41) is 10.7. The van der Waals surface area contributed by atoms with Crippen molar-refractivity contribution in [2.75, 3.05) is 6.54 Å². The monoisotopic (exact) mass is 285 g/mol. The van der Waals surface area contributed by atoms with Crippen LogP contribution >= 0.6 is 15.9 Å². The van der Waals surface area contributed by atoms with E-state index in [1.165, 1.54) is 0 Å². The third-order valence-corrected chi connectivity index (χ3v) is 2.89. The summed E-state index contributed by atoms with van der Waals surface area (Å²) in [5.74, 6) is -1.34. The van der Waals surface area contributed by atoms with Crippen LogP contribution < -0.4 is 5.32 Å². The fourth-order valence-corrected chi connectivity index (χ4v) is 1.59. The molecule has 4 nitrogen and oxygen atoms in total. The number of carbonyl (C=O) groups is 2. The number of carbonyl (C=O) groups excluding carboxylic acids is 1. The summed E-state index contributed by atoms with van der Waals surface area (Å²) in [6.07, 6.45) is 0.187. The summed E-state index contributed by atoms with van der Waals surface area (Å²) in [6.45, 7) is 1.62. The van der Waals surface area contributed by atoms with E-state index in [2.05, 4.69) is 21.2 Å². The second-order valence-corrected chi connectivity index (χ2v) is 4.29. The van der Waals surface area contributed by atoms with Gasteiger partial charge in [0.25, 0.3) is 0 Å². The number of benzene rings is 1. The molecule has 0 atom stereocenters. The van der Waals surface area contributed by atoms with Crippen LogP contribution in [0, 0.1) is 6.92 Å². The zero-order valence-electron chi connectivity index (χ0n) is 8.79. The third-order valence-electron chi connectivity index (χ3n) is 2.04. The molecule has 1 rings (SSSR count). The molecule has 1 aromatic rings. The van der Waals surface area contributed by atoms with E-state index in [-0.39, 0.29) is 18.9 Å². The Morgan fingerprint density at radius 1 is 1.44 bits per heavy atom. The average Bonchev–Trinajstić information content (AvgIpc) is 2.21. The minimum atomic E-state index is -1.04. The Kier molecular flexibility index (Phi) is 4.49. The Hall–Kier alpha value is -1.36. The number of halogens is 1. The predicted molar refractivity (Wildman–Crippen MR) is 63.2 cm³/mol. The van der Waals surface area contributed by atoms with E-state index >= 15 is 0 Å². The lowest BCUT2D eigenvalue weighted by Gasteiger charge is -2.04. The van der Waals surface area contributed by atoms with Crippen LogP contribution in [0.15, 0.2) is 22.7 Å². The number of rotatable bonds is 4. The van der Waals surface area contributed by atoms with Crippen molar-refractivity contribution >= 4 is 27.8 Å². The molecule has 1 aromatic carbocycles. The predicted octanol–water partition coefficient (Wildman–Crippen LogP) is 1.50. The molecule has 2 N–H and O–H groups in total. The molecule has 16 heavy (non-hydrogen) atoms. The maximum Gasteiger partial charge on any atom is 0.322 e. The number of amides is 1. The van der Waals surface area contributed by atoms with Crippen LogP contribution in [0.5, 0.6) is 0 Å². The molecular weight excluding hydrogens is 274 g/mol. The smallest absolute Gasteiger partial charge is 0.322 e. The van der Waals surface area contributed by atoms with E-state index in [0.717, 1.165) is 15.6 Å². The van der Waals surface area contributed by atoms with Gasteiger partial charge < -0.3 is 10.4 Å². The van der Waals surface area contributed by atoms with Crippen LogP contribution in [0.25, 0.3) is 0 Å². The number of nitrogens with one attached hydrogen (secondary N) is 1. The maximum absolute atomic E-state index is 11.3. The van der Waals surface area contributed by atoms with Crippen molar-refractivity contribution in [3.05, 3.63) is 33.8 Å². The quantitative estimate of drug-likeness (QED) is 0.881. The van der Waals surface area contributed by atoms with Crippen molar-refractivity contribution in [3.8, 4) is 0 Å². The van der Waals surface area contributed by atoms with Gasteiger partial charge in [-0.3, -0.25) is 9.59 Å². The highest BCUT2D eigenvalue weighted by molar-refractivity contribution is 9.10. The first-order valence-corrected chi connectivity index (χ1v) is 5.52. The molecule has 0 radical (unpaired) electrons. The summed E-state index contributed by atoms with van der Waals surface area (Å²) in [5.41, 5.74) is 1.94. The lowest BCUT2D eigenvalue weighted by atomic mass is 10.1. The fourth-order valence-electron chi connectivity index (χ4n) is 1.17. The van der Waals surface area contributed by atoms with Crippen molar-refractivity contribution in [2.45, 2.75) is 13.3 Å². The van der Waals surface area contributed by atoms with Gasteiger partial charge in [0.15, 0.2) is 0 Å². The fraction of sp³-hybridized carbons (Fsp3) is 0.273. The van der Waals surface area contributed by atoms with Gasteiger partial charge in [0.2, 0.25) is 5.91 Å². The molecule has 5 heteroatoms. The Balaban J connectivity index is 2.56. The summed E-state index contributed by atoms with van der Waals surface area (Å²) >= 11 is 3.37. The number of aliphatic carboxylic acids is 1. The summed E-state index contributed by atoms with van der Waals surface area (Å²) in [7, 11) is 0. The van der Waals surface area contributed by atoms with Crippen LogP contribution in [0.1, 0.15) is 11.1 Å². The topological polar surface area (TPSA) is 66.4 Å². The minimum Gasteiger partial charge on any atom is -0.480 e. The molecule has 0 saturated carbocycles. The zero-order valence-corrected chi connectivity index (χ0v) is 10.4. The Morgan fingerprint density at radius 3 is 2.69 bits per heavy atom. The number of carboxylic acid groups (broad SMARTS) is 1. The van der Waals surface area contributed by atoms with Crippen LogP contribution in [0.4, 0.5) is 0 Å². The average molecular weight is 286 g/mol. The van der Waals surface area contributed by atoms with Gasteiger partial charge in [-0.25, -0.2) is 0 Å². The SMILES string of the molecule is Cc1ccc(CC(=O)NCC(=O)O)cc1Br. The Bertz CT molecular complexity index is 418. The van der Waals surface area contributed by atoms with Crippen LogP contribution in [-0.2, 0) is 16.0 Å². The zero-order chi connectivity index (χ0) is 12.1. The van der Waals surface area contributed by atoms with Gasteiger partial charge in [0.1, 0.15) is 6.54 Å². The van der Waals surface area contributed by atoms with Crippen LogP contribution in [0.2, 0.25) is 0 Å². The van der Waals surface area contributed by atoms with E-state index in [1.54, 1.807) is 0 Å². The minimum absolute atomic E-state index is 0.187. The van der Waals surface area contributed by atoms with Gasteiger partial charge >= 0.3 is 5.97 Å². The number of hydrogen-bond acceptors (Lipinski definition) is 2. The Labute approximate surface area is 102 Å². The molecule has 0 heterocycles. The molecular formula is C11H12BrNO3. The molecule has 0 fully saturated rings. The molecule has 1 amide bonds. The van der Waals surface area contributed by atoms with E-state index in [4.69, 9.17) is 5.11 Å². The molecule has 0 saturated heterocycles. The van der Waals surface area contributed by atoms with Gasteiger partial charge in [-0.15, -0.1) is 0 Å². The van der Waals surface area contributed by atoms with Gasteiger partial charge in [-0.1, -0.05) is 28.1 Å². The van der Waals surface area contributed by atoms with E-state index in [1.807, 2.05) is 25.1 Å². The molecule has 0 spiro atoms. The first-order valence-electron chi connectivity index (χ1n) is 4.72. The van der Waals surface area contributed by atoms with Crippen molar-refractivity contribution in [1.29, 1.82) is 0 Å². The highest BCUT2D eigenvalue weighted by Crippen LogP contribution is 2.17. The second kappa shape index (κ2) is 5.65. The molecule has 86 valence electrons. The Morgan fingerprint density at radius 2 is 2.12 bits per heavy atom. The molecule has 0 aliphatic carbocycles. The molecule has 0 aliphatic heterocycles. The van der Waals surface area contributed by atoms with Crippen molar-refractivity contribution in [1.82, 2.24) is 5.32 Å². The lowest BCUT2D eigenvalue weighted by Crippen LogP contribution is -2.30. The third kappa shape index (κ3) is 4.02. The maximum atomic E-state index is 11.3. The van der Waals surface area contributed by atoms with Gasteiger partial charge in [0.05, 0.1) is 6.42 Å². The van der Waals surface area contributed by atoms with E-state index in [9.17, 15) is 9.59 Å². The summed E-state index contributed by atoms with van der Waals surface area (Å²) < 4.78 is 0.941. The van der Waals surface area contributed by atoms with Crippen LogP contribution in [-0.4, -0.2) is 23.5 Å². The van der Waals surface area contributed by atoms with E-state index in [0.29, 0.717) is 0 Å². The van der Waals surface area contributed by atoms with Gasteiger partial charge in [-0.05, 0) is 24.1 Å². The van der Waals surface area contributed by atoms with Gasteiger partial charge in [-0.2, -0.15) is 0 Å². The lowest BCUT2D eigenvalue weighted by molar-refractivity contribution is -0.137. The van der Waals surface area contributed by atoms with Crippen molar-refractivity contribution < 1.29 is 14.7 Å². The molecule has 0 aromatic heterocycles. The van der Waals surface area contributed by atoms with Gasteiger partial charge in [0, 0.05) is 4.47 Å². The summed E-state index contributed by atoms with van der Waals surface area (Å²) in [4.78, 5) is 21.6. The molecule has 0 bridgehead atoms. The second-order valence-electron chi connectivity index (χ2n) is 3.43.